The summed E-state index contributed by atoms with van der Waals surface area (Å²) >= 11 is 5.89. The van der Waals surface area contributed by atoms with E-state index >= 15 is 0 Å². The number of hydrogen-bond donors (Lipinski definition) is 1. The van der Waals surface area contributed by atoms with Gasteiger partial charge in [-0.15, -0.1) is 0 Å². The van der Waals surface area contributed by atoms with E-state index in [0.29, 0.717) is 17.1 Å². The molecule has 1 amide bonds. The highest BCUT2D eigenvalue weighted by molar-refractivity contribution is 6.33. The van der Waals surface area contributed by atoms with Gasteiger partial charge in [0.05, 0.1) is 21.8 Å². The number of carbonyl (C=O) groups excluding carboxylic acids is 1. The molecule has 158 valence electrons. The fourth-order valence-corrected chi connectivity index (χ4v) is 2.64. The molecule has 10 heteroatoms. The van der Waals surface area contributed by atoms with Crippen LogP contribution in [0.5, 0.6) is 5.75 Å². The molecular formula is C20H17ClF3N3O3. The standard InChI is InChI=1S/C20H17ClF3N3O3/c1-11(2)18-26-19(30-27-18)13-5-3-4-6-16(13)29-10-17(28)25-15-9-12(20(22,23)24)7-8-14(15)21/h3-9,11H,10H2,1-2H3,(H,25,28). The number of rotatable bonds is 6. The van der Waals surface area contributed by atoms with Crippen LogP contribution in [0.15, 0.2) is 47.0 Å². The van der Waals surface area contributed by atoms with Gasteiger partial charge in [0.15, 0.2) is 12.4 Å². The molecule has 1 N–H and O–H groups in total. The zero-order chi connectivity index (χ0) is 21.9. The van der Waals surface area contributed by atoms with Crippen LogP contribution < -0.4 is 10.1 Å². The Morgan fingerprint density at radius 1 is 1.23 bits per heavy atom. The third-order valence-corrected chi connectivity index (χ3v) is 4.33. The fraction of sp³-hybridized carbons (Fsp3) is 0.250. The van der Waals surface area contributed by atoms with Crippen molar-refractivity contribution in [1.29, 1.82) is 0 Å². The van der Waals surface area contributed by atoms with E-state index in [0.717, 1.165) is 18.2 Å². The minimum absolute atomic E-state index is 0.0242. The number of amides is 1. The fourth-order valence-electron chi connectivity index (χ4n) is 2.47. The maximum Gasteiger partial charge on any atom is 0.416 e. The number of benzene rings is 2. The first kappa shape index (κ1) is 21.6. The van der Waals surface area contributed by atoms with E-state index in [1.54, 1.807) is 24.3 Å². The van der Waals surface area contributed by atoms with Gasteiger partial charge in [0.1, 0.15) is 5.75 Å². The molecule has 0 unspecified atom stereocenters. The van der Waals surface area contributed by atoms with Gasteiger partial charge in [-0.05, 0) is 30.3 Å². The van der Waals surface area contributed by atoms with Crippen molar-refractivity contribution < 1.29 is 27.2 Å². The van der Waals surface area contributed by atoms with Crippen molar-refractivity contribution in [2.24, 2.45) is 0 Å². The number of para-hydroxylation sites is 1. The Bertz CT molecular complexity index is 1050. The molecule has 30 heavy (non-hydrogen) atoms. The Balaban J connectivity index is 1.72. The second-order valence-electron chi connectivity index (χ2n) is 6.64. The lowest BCUT2D eigenvalue weighted by Crippen LogP contribution is -2.21. The third kappa shape index (κ3) is 5.10. The molecule has 3 rings (SSSR count). The normalized spacial score (nSPS) is 11.6. The van der Waals surface area contributed by atoms with Crippen LogP contribution in [0.3, 0.4) is 0 Å². The molecule has 6 nitrogen and oxygen atoms in total. The van der Waals surface area contributed by atoms with Crippen LogP contribution in [0, 0.1) is 0 Å². The van der Waals surface area contributed by atoms with Crippen molar-refractivity contribution in [2.45, 2.75) is 25.9 Å². The Morgan fingerprint density at radius 2 is 1.97 bits per heavy atom. The first-order chi connectivity index (χ1) is 14.1. The lowest BCUT2D eigenvalue weighted by atomic mass is 10.2. The average molecular weight is 440 g/mol. The average Bonchev–Trinajstić information content (AvgIpc) is 3.18. The van der Waals surface area contributed by atoms with E-state index in [1.165, 1.54) is 0 Å². The SMILES string of the molecule is CC(C)c1noc(-c2ccccc2OCC(=O)Nc2cc(C(F)(F)F)ccc2Cl)n1. The van der Waals surface area contributed by atoms with Crippen LogP contribution in [0.4, 0.5) is 18.9 Å². The first-order valence-electron chi connectivity index (χ1n) is 8.87. The molecule has 0 radical (unpaired) electrons. The molecule has 0 bridgehead atoms. The van der Waals surface area contributed by atoms with Crippen molar-refractivity contribution in [3.63, 3.8) is 0 Å². The van der Waals surface area contributed by atoms with Crippen molar-refractivity contribution in [3.8, 4) is 17.2 Å². The summed E-state index contributed by atoms with van der Waals surface area (Å²) in [4.78, 5) is 16.5. The molecule has 1 heterocycles. The first-order valence-corrected chi connectivity index (χ1v) is 9.25. The van der Waals surface area contributed by atoms with Gasteiger partial charge in [-0.3, -0.25) is 4.79 Å². The maximum atomic E-state index is 12.9. The summed E-state index contributed by atoms with van der Waals surface area (Å²) in [6, 6.07) is 9.40. The second-order valence-corrected chi connectivity index (χ2v) is 7.05. The number of alkyl halides is 3. The predicted molar refractivity (Wildman–Crippen MR) is 104 cm³/mol. The van der Waals surface area contributed by atoms with Gasteiger partial charge in [-0.2, -0.15) is 18.2 Å². The minimum Gasteiger partial charge on any atom is -0.483 e. The lowest BCUT2D eigenvalue weighted by Gasteiger charge is -2.12. The lowest BCUT2D eigenvalue weighted by molar-refractivity contribution is -0.137. The van der Waals surface area contributed by atoms with Gasteiger partial charge >= 0.3 is 6.18 Å². The van der Waals surface area contributed by atoms with Gasteiger partial charge in [0.25, 0.3) is 11.8 Å². The molecular weight excluding hydrogens is 423 g/mol. The highest BCUT2D eigenvalue weighted by Crippen LogP contribution is 2.34. The molecule has 0 aliphatic carbocycles. The van der Waals surface area contributed by atoms with Crippen LogP contribution in [-0.4, -0.2) is 22.7 Å². The number of anilines is 1. The van der Waals surface area contributed by atoms with E-state index in [1.807, 2.05) is 13.8 Å². The quantitative estimate of drug-likeness (QED) is 0.545. The zero-order valence-corrected chi connectivity index (χ0v) is 16.7. The van der Waals surface area contributed by atoms with Crippen LogP contribution in [0.1, 0.15) is 31.2 Å². The summed E-state index contributed by atoms with van der Waals surface area (Å²) < 4.78 is 49.4. The number of ether oxygens (including phenoxy) is 1. The highest BCUT2D eigenvalue weighted by atomic mass is 35.5. The topological polar surface area (TPSA) is 77.2 Å². The smallest absolute Gasteiger partial charge is 0.416 e. The largest absolute Gasteiger partial charge is 0.483 e. The van der Waals surface area contributed by atoms with Crippen LogP contribution >= 0.6 is 11.6 Å². The molecule has 1 aromatic heterocycles. The van der Waals surface area contributed by atoms with Crippen molar-refractivity contribution in [2.75, 3.05) is 11.9 Å². The molecule has 0 aliphatic rings. The number of aromatic nitrogens is 2. The monoisotopic (exact) mass is 439 g/mol. The Hall–Kier alpha value is -3.07. The number of carbonyl (C=O) groups is 1. The van der Waals surface area contributed by atoms with E-state index < -0.39 is 24.3 Å². The van der Waals surface area contributed by atoms with Crippen LogP contribution in [0.25, 0.3) is 11.5 Å². The van der Waals surface area contributed by atoms with E-state index in [-0.39, 0.29) is 22.5 Å². The Labute approximate surface area is 175 Å². The number of hydrogen-bond acceptors (Lipinski definition) is 5. The number of halogens is 4. The second kappa shape index (κ2) is 8.74. The molecule has 0 atom stereocenters. The zero-order valence-electron chi connectivity index (χ0n) is 16.0. The van der Waals surface area contributed by atoms with Crippen LogP contribution in [0.2, 0.25) is 5.02 Å². The van der Waals surface area contributed by atoms with E-state index in [9.17, 15) is 18.0 Å². The molecule has 0 spiro atoms. The van der Waals surface area contributed by atoms with Crippen molar-refractivity contribution in [3.05, 3.63) is 58.9 Å². The third-order valence-electron chi connectivity index (χ3n) is 4.00. The summed E-state index contributed by atoms with van der Waals surface area (Å²) in [7, 11) is 0. The number of nitrogens with one attached hydrogen (secondary N) is 1. The summed E-state index contributed by atoms with van der Waals surface area (Å²) in [5, 5.41) is 6.19. The molecule has 0 aliphatic heterocycles. The Kier molecular flexibility index (Phi) is 6.31. The van der Waals surface area contributed by atoms with Gasteiger partial charge in [-0.1, -0.05) is 42.7 Å². The van der Waals surface area contributed by atoms with E-state index in [4.69, 9.17) is 20.9 Å². The van der Waals surface area contributed by atoms with Gasteiger partial charge < -0.3 is 14.6 Å². The van der Waals surface area contributed by atoms with Crippen molar-refractivity contribution >= 4 is 23.2 Å². The molecule has 0 fully saturated rings. The summed E-state index contributed by atoms with van der Waals surface area (Å²) in [6.07, 6.45) is -4.56. The van der Waals surface area contributed by atoms with Crippen LogP contribution in [-0.2, 0) is 11.0 Å². The van der Waals surface area contributed by atoms with Gasteiger partial charge in [-0.25, -0.2) is 0 Å². The maximum absolute atomic E-state index is 12.9. The molecule has 0 saturated heterocycles. The number of nitrogens with zero attached hydrogens (tertiary/aromatic N) is 2. The highest BCUT2D eigenvalue weighted by Gasteiger charge is 2.31. The molecule has 0 saturated carbocycles. The molecule has 2 aromatic carbocycles. The van der Waals surface area contributed by atoms with Gasteiger partial charge in [0, 0.05) is 5.92 Å². The summed E-state index contributed by atoms with van der Waals surface area (Å²) in [6.45, 7) is 3.37. The van der Waals surface area contributed by atoms with Crippen molar-refractivity contribution in [1.82, 2.24) is 10.1 Å². The summed E-state index contributed by atoms with van der Waals surface area (Å²) in [5.74, 6) is 0.451. The Morgan fingerprint density at radius 3 is 2.63 bits per heavy atom. The van der Waals surface area contributed by atoms with Gasteiger partial charge in [0.2, 0.25) is 0 Å². The van der Waals surface area contributed by atoms with E-state index in [2.05, 4.69) is 15.5 Å². The minimum atomic E-state index is -4.56. The molecule has 3 aromatic rings. The summed E-state index contributed by atoms with van der Waals surface area (Å²) in [5.41, 5.74) is -0.598. The predicted octanol–water partition coefficient (Wildman–Crippen LogP) is 5.55.